The van der Waals surface area contributed by atoms with Crippen molar-refractivity contribution in [1.82, 2.24) is 9.97 Å². The Balaban J connectivity index is 0.00000192. The van der Waals surface area contributed by atoms with Gasteiger partial charge in [0.25, 0.3) is 0 Å². The number of halogens is 6. The van der Waals surface area contributed by atoms with Gasteiger partial charge >= 0.3 is 24.6 Å². The highest BCUT2D eigenvalue weighted by Crippen LogP contribution is 2.44. The Morgan fingerprint density at radius 1 is 0.979 bits per heavy atom. The molecular weight excluding hydrogens is 632 g/mol. The van der Waals surface area contributed by atoms with Crippen molar-refractivity contribution in [3.05, 3.63) is 76.6 Å². The maximum atomic E-state index is 13.8. The molecule has 0 fully saturated rings. The van der Waals surface area contributed by atoms with E-state index in [1.807, 2.05) is 44.9 Å². The monoisotopic (exact) mass is 667 g/mol. The molecule has 0 radical (unpaired) electrons. The van der Waals surface area contributed by atoms with Crippen molar-refractivity contribution in [3.8, 4) is 0 Å². The van der Waals surface area contributed by atoms with Crippen LogP contribution in [0.1, 0.15) is 67.5 Å². The van der Waals surface area contributed by atoms with Crippen LogP contribution < -0.4 is 14.7 Å². The lowest BCUT2D eigenvalue weighted by molar-refractivity contribution is -0.191. The molecule has 254 valence electrons. The lowest BCUT2D eigenvalue weighted by atomic mass is 9.87. The average molecular weight is 668 g/mol. The molecule has 0 unspecified atom stereocenters. The number of hydrogen-bond donors (Lipinski definition) is 0. The van der Waals surface area contributed by atoms with Crippen LogP contribution in [0.4, 0.5) is 48.5 Å². The summed E-state index contributed by atoms with van der Waals surface area (Å²) in [5, 5.41) is 0. The van der Waals surface area contributed by atoms with Gasteiger partial charge in [-0.2, -0.15) is 35.9 Å². The fourth-order valence-corrected chi connectivity index (χ4v) is 5.40. The molecule has 0 aliphatic carbocycles. The summed E-state index contributed by atoms with van der Waals surface area (Å²) in [6.07, 6.45) is -6.33. The Labute approximate surface area is 268 Å². The first-order valence-electron chi connectivity index (χ1n) is 14.7. The van der Waals surface area contributed by atoms with E-state index in [0.717, 1.165) is 17.7 Å². The molecule has 2 aromatic carbocycles. The molecular formula is C32H35F6N5O4. The molecule has 4 rings (SSSR count). The SMILES string of the molecule is CCOC(=O)N1c2ccc(C)cc2[C@@H](N(Cc2cc(C(F)(F)F)cc(C(F)(F)F)c2)c2ncc(N(C)CC)cn2)C[C@H]1CC.O=C=O. The highest BCUT2D eigenvalue weighted by Gasteiger charge is 2.41. The molecule has 0 bridgehead atoms. The summed E-state index contributed by atoms with van der Waals surface area (Å²) in [6.45, 7) is 7.85. The lowest BCUT2D eigenvalue weighted by Gasteiger charge is -2.44. The second kappa shape index (κ2) is 15.3. The van der Waals surface area contributed by atoms with Crippen molar-refractivity contribution in [2.75, 3.05) is 34.9 Å². The van der Waals surface area contributed by atoms with Gasteiger partial charge in [-0.1, -0.05) is 24.6 Å². The number of amides is 1. The van der Waals surface area contributed by atoms with Gasteiger partial charge in [0.1, 0.15) is 0 Å². The largest absolute Gasteiger partial charge is 0.449 e. The van der Waals surface area contributed by atoms with Gasteiger partial charge in [-0.3, -0.25) is 4.90 Å². The van der Waals surface area contributed by atoms with Gasteiger partial charge in [-0.15, -0.1) is 0 Å². The number of rotatable bonds is 8. The second-order valence-corrected chi connectivity index (χ2v) is 10.8. The highest BCUT2D eigenvalue weighted by molar-refractivity contribution is 5.90. The van der Waals surface area contributed by atoms with E-state index < -0.39 is 35.6 Å². The molecule has 1 aromatic heterocycles. The van der Waals surface area contributed by atoms with Gasteiger partial charge < -0.3 is 14.5 Å². The Hall–Kier alpha value is -4.65. The smallest absolute Gasteiger partial charge is 0.416 e. The number of aromatic nitrogens is 2. The number of aryl methyl sites for hydroxylation is 1. The molecule has 1 aliphatic heterocycles. The molecule has 3 aromatic rings. The van der Waals surface area contributed by atoms with Gasteiger partial charge in [-0.05, 0) is 69.0 Å². The summed E-state index contributed by atoms with van der Waals surface area (Å²) in [7, 11) is 1.84. The Morgan fingerprint density at radius 3 is 2.04 bits per heavy atom. The number of alkyl halides is 6. The van der Waals surface area contributed by atoms with Crippen LogP contribution in [0.3, 0.4) is 0 Å². The highest BCUT2D eigenvalue weighted by atomic mass is 19.4. The standard InChI is InChI=1S/C31H35F6N5O2.CO2/c1-6-23-15-27(25-11-19(4)9-10-26(25)42(23)29(43)44-8-3)41(28-38-16-24(17-39-28)40(5)7-2)18-20-12-21(30(32,33)34)14-22(13-20)31(35,36)37;2-1-3/h9-14,16-17,23,27H,6-8,15,18H2,1-5H3;/t23-,27+;/m1./s1. The number of fused-ring (bicyclic) bond motifs is 1. The first kappa shape index (κ1) is 36.8. The van der Waals surface area contributed by atoms with E-state index in [2.05, 4.69) is 9.97 Å². The topological polar surface area (TPSA) is 95.9 Å². The summed E-state index contributed by atoms with van der Waals surface area (Å²) >= 11 is 0. The number of nitrogens with zero attached hydrogens (tertiary/aromatic N) is 5. The fourth-order valence-electron chi connectivity index (χ4n) is 5.40. The second-order valence-electron chi connectivity index (χ2n) is 10.8. The maximum Gasteiger partial charge on any atom is 0.416 e. The number of carbonyl (C=O) groups is 1. The van der Waals surface area contributed by atoms with Crippen LogP contribution in [0.2, 0.25) is 0 Å². The minimum atomic E-state index is -4.99. The van der Waals surface area contributed by atoms with Gasteiger partial charge in [0.2, 0.25) is 5.95 Å². The Kier molecular flexibility index (Phi) is 12.0. The number of ether oxygens (including phenoxy) is 1. The molecule has 2 heterocycles. The van der Waals surface area contributed by atoms with Crippen molar-refractivity contribution in [2.45, 2.75) is 71.5 Å². The quantitative estimate of drug-likeness (QED) is 0.227. The van der Waals surface area contributed by atoms with E-state index in [1.165, 1.54) is 0 Å². The number of carbonyl (C=O) groups excluding carboxylic acids is 3. The van der Waals surface area contributed by atoms with Crippen molar-refractivity contribution < 1.29 is 45.5 Å². The summed E-state index contributed by atoms with van der Waals surface area (Å²) in [6, 6.07) is 6.06. The van der Waals surface area contributed by atoms with Crippen LogP contribution in [0.5, 0.6) is 0 Å². The summed E-state index contributed by atoms with van der Waals surface area (Å²) in [5.41, 5.74) is -0.263. The average Bonchev–Trinajstić information content (AvgIpc) is 3.02. The normalized spacial score (nSPS) is 15.9. The van der Waals surface area contributed by atoms with Gasteiger partial charge in [-0.25, -0.2) is 14.8 Å². The Morgan fingerprint density at radius 2 is 1.55 bits per heavy atom. The summed E-state index contributed by atoms with van der Waals surface area (Å²) in [5.74, 6) is 0.126. The molecule has 1 amide bonds. The third kappa shape index (κ3) is 8.79. The molecule has 0 saturated heterocycles. The molecule has 0 saturated carbocycles. The molecule has 47 heavy (non-hydrogen) atoms. The lowest BCUT2D eigenvalue weighted by Crippen LogP contribution is -2.48. The predicted molar refractivity (Wildman–Crippen MR) is 161 cm³/mol. The molecule has 9 nitrogen and oxygen atoms in total. The van der Waals surface area contributed by atoms with Crippen molar-refractivity contribution in [1.29, 1.82) is 0 Å². The van der Waals surface area contributed by atoms with Crippen molar-refractivity contribution >= 4 is 29.6 Å². The van der Waals surface area contributed by atoms with E-state index in [1.54, 1.807) is 35.2 Å². The van der Waals surface area contributed by atoms with Crippen LogP contribution in [-0.4, -0.2) is 48.5 Å². The van der Waals surface area contributed by atoms with E-state index >= 15 is 0 Å². The molecule has 1 aliphatic rings. The maximum absolute atomic E-state index is 13.8. The zero-order valence-electron chi connectivity index (χ0n) is 26.4. The van der Waals surface area contributed by atoms with Gasteiger partial charge in [0.15, 0.2) is 0 Å². The zero-order valence-corrected chi connectivity index (χ0v) is 26.4. The van der Waals surface area contributed by atoms with Crippen LogP contribution in [0.15, 0.2) is 48.8 Å². The predicted octanol–water partition coefficient (Wildman–Crippen LogP) is 7.59. The number of benzene rings is 2. The summed E-state index contributed by atoms with van der Waals surface area (Å²) in [4.78, 5) is 43.5. The fraction of sp³-hybridized carbons (Fsp3) is 0.438. The molecule has 0 N–H and O–H groups in total. The minimum Gasteiger partial charge on any atom is -0.449 e. The van der Waals surface area contributed by atoms with E-state index in [4.69, 9.17) is 14.3 Å². The van der Waals surface area contributed by atoms with Crippen molar-refractivity contribution in [3.63, 3.8) is 0 Å². The molecule has 0 spiro atoms. The minimum absolute atomic E-state index is 0.114. The number of anilines is 3. The zero-order chi connectivity index (χ0) is 35.1. The van der Waals surface area contributed by atoms with Crippen LogP contribution >= 0.6 is 0 Å². The van der Waals surface area contributed by atoms with E-state index in [-0.39, 0.29) is 42.9 Å². The van der Waals surface area contributed by atoms with Gasteiger partial charge in [0.05, 0.1) is 47.5 Å². The van der Waals surface area contributed by atoms with Crippen LogP contribution in [0, 0.1) is 6.92 Å². The van der Waals surface area contributed by atoms with E-state index in [9.17, 15) is 31.1 Å². The third-order valence-electron chi connectivity index (χ3n) is 7.77. The van der Waals surface area contributed by atoms with Crippen LogP contribution in [0.25, 0.3) is 0 Å². The number of hydrogen-bond acceptors (Lipinski definition) is 8. The first-order valence-corrected chi connectivity index (χ1v) is 14.7. The van der Waals surface area contributed by atoms with E-state index in [0.29, 0.717) is 36.3 Å². The Bertz CT molecular complexity index is 1530. The van der Waals surface area contributed by atoms with Crippen molar-refractivity contribution in [2.24, 2.45) is 0 Å². The summed E-state index contributed by atoms with van der Waals surface area (Å²) < 4.78 is 87.9. The first-order chi connectivity index (χ1) is 22.1. The van der Waals surface area contributed by atoms with Gasteiger partial charge in [0, 0.05) is 26.2 Å². The van der Waals surface area contributed by atoms with Crippen LogP contribution in [-0.2, 0) is 33.2 Å². The third-order valence-corrected chi connectivity index (χ3v) is 7.77. The molecule has 2 atom stereocenters. The molecule has 15 heteroatoms.